The van der Waals surface area contributed by atoms with Crippen molar-refractivity contribution in [1.29, 1.82) is 0 Å². The lowest BCUT2D eigenvalue weighted by molar-refractivity contribution is 0.102. The third-order valence-corrected chi connectivity index (χ3v) is 4.74. The van der Waals surface area contributed by atoms with Crippen LogP contribution in [0.5, 0.6) is 0 Å². The van der Waals surface area contributed by atoms with Crippen LogP contribution >= 0.6 is 0 Å². The fourth-order valence-corrected chi connectivity index (χ4v) is 3.37. The Morgan fingerprint density at radius 3 is 2.40 bits per heavy atom. The molecule has 0 aliphatic heterocycles. The summed E-state index contributed by atoms with van der Waals surface area (Å²) >= 11 is 0. The molecular weight excluding hydrogens is 312 g/mol. The van der Waals surface area contributed by atoms with Crippen LogP contribution in [0.3, 0.4) is 0 Å². The zero-order valence-corrected chi connectivity index (χ0v) is 15.2. The third-order valence-electron chi connectivity index (χ3n) is 4.74. The van der Waals surface area contributed by atoms with Gasteiger partial charge in [0.2, 0.25) is 5.95 Å². The monoisotopic (exact) mass is 338 g/mol. The molecule has 1 aliphatic rings. The first kappa shape index (κ1) is 17.4. The smallest absolute Gasteiger partial charge is 0.274 e. The number of hydrogen-bond donors (Lipinski definition) is 2. The predicted molar refractivity (Wildman–Crippen MR) is 101 cm³/mol. The topological polar surface area (TPSA) is 66.9 Å². The average Bonchev–Trinajstić information content (AvgIpc) is 2.58. The molecule has 1 aromatic carbocycles. The van der Waals surface area contributed by atoms with Gasteiger partial charge in [0, 0.05) is 17.4 Å². The maximum absolute atomic E-state index is 12.7. The van der Waals surface area contributed by atoms with Crippen molar-refractivity contribution in [2.45, 2.75) is 58.9 Å². The van der Waals surface area contributed by atoms with Crippen molar-refractivity contribution in [2.75, 3.05) is 10.6 Å². The highest BCUT2D eigenvalue weighted by Crippen LogP contribution is 2.22. The lowest BCUT2D eigenvalue weighted by Gasteiger charge is -2.23. The summed E-state index contributed by atoms with van der Waals surface area (Å²) < 4.78 is 0. The number of para-hydroxylation sites is 1. The van der Waals surface area contributed by atoms with E-state index in [-0.39, 0.29) is 5.91 Å². The number of aromatic nitrogens is 2. The quantitative estimate of drug-likeness (QED) is 0.867. The summed E-state index contributed by atoms with van der Waals surface area (Å²) in [6.45, 7) is 5.87. The Morgan fingerprint density at radius 1 is 1.04 bits per heavy atom. The summed E-state index contributed by atoms with van der Waals surface area (Å²) in [5, 5.41) is 6.40. The minimum absolute atomic E-state index is 0.199. The molecule has 3 rings (SSSR count). The lowest BCUT2D eigenvalue weighted by atomic mass is 9.96. The zero-order chi connectivity index (χ0) is 17.8. The molecule has 1 amide bonds. The second kappa shape index (κ2) is 7.64. The van der Waals surface area contributed by atoms with Crippen LogP contribution in [0.4, 0.5) is 11.6 Å². The summed E-state index contributed by atoms with van der Waals surface area (Å²) in [5.74, 6) is 0.355. The van der Waals surface area contributed by atoms with E-state index >= 15 is 0 Å². The van der Waals surface area contributed by atoms with Crippen LogP contribution < -0.4 is 10.6 Å². The highest BCUT2D eigenvalue weighted by atomic mass is 16.1. The van der Waals surface area contributed by atoms with Gasteiger partial charge >= 0.3 is 0 Å². The van der Waals surface area contributed by atoms with Crippen LogP contribution in [0.15, 0.2) is 24.3 Å². The maximum atomic E-state index is 12.7. The highest BCUT2D eigenvalue weighted by Gasteiger charge is 2.17. The van der Waals surface area contributed by atoms with E-state index in [1.54, 1.807) is 6.07 Å². The molecule has 1 aromatic heterocycles. The minimum Gasteiger partial charge on any atom is -0.351 e. The fourth-order valence-electron chi connectivity index (χ4n) is 3.37. The molecule has 0 atom stereocenters. The molecular formula is C20H26N4O. The summed E-state index contributed by atoms with van der Waals surface area (Å²) in [6.07, 6.45) is 6.06. The van der Waals surface area contributed by atoms with E-state index in [0.29, 0.717) is 17.7 Å². The fraction of sp³-hybridized carbons (Fsp3) is 0.450. The first-order chi connectivity index (χ1) is 12.0. The average molecular weight is 338 g/mol. The van der Waals surface area contributed by atoms with E-state index in [4.69, 9.17) is 0 Å². The molecule has 2 aromatic rings. The molecule has 5 nitrogen and oxygen atoms in total. The van der Waals surface area contributed by atoms with Gasteiger partial charge in [0.25, 0.3) is 5.91 Å². The Kier molecular flexibility index (Phi) is 5.31. The maximum Gasteiger partial charge on any atom is 0.274 e. The van der Waals surface area contributed by atoms with Crippen molar-refractivity contribution in [2.24, 2.45) is 0 Å². The number of hydrogen-bond acceptors (Lipinski definition) is 4. The first-order valence-corrected chi connectivity index (χ1v) is 9.03. The number of carbonyl (C=O) groups is 1. The number of rotatable bonds is 4. The van der Waals surface area contributed by atoms with Crippen molar-refractivity contribution in [3.8, 4) is 0 Å². The number of nitrogens with one attached hydrogen (secondary N) is 2. The lowest BCUT2D eigenvalue weighted by Crippen LogP contribution is -2.24. The van der Waals surface area contributed by atoms with Gasteiger partial charge in [-0.2, -0.15) is 0 Å². The van der Waals surface area contributed by atoms with Gasteiger partial charge in [-0.1, -0.05) is 37.5 Å². The molecule has 25 heavy (non-hydrogen) atoms. The van der Waals surface area contributed by atoms with Gasteiger partial charge in [-0.25, -0.2) is 9.97 Å². The molecule has 0 spiro atoms. The van der Waals surface area contributed by atoms with Gasteiger partial charge in [0.05, 0.1) is 0 Å². The van der Waals surface area contributed by atoms with Crippen LogP contribution in [0.1, 0.15) is 59.4 Å². The number of aryl methyl sites for hydroxylation is 3. The molecule has 1 aliphatic carbocycles. The van der Waals surface area contributed by atoms with Crippen molar-refractivity contribution < 1.29 is 4.79 Å². The number of benzene rings is 1. The van der Waals surface area contributed by atoms with Gasteiger partial charge in [-0.15, -0.1) is 0 Å². The molecule has 1 heterocycles. The minimum atomic E-state index is -0.199. The second-order valence-corrected chi connectivity index (χ2v) is 6.92. The van der Waals surface area contributed by atoms with Gasteiger partial charge in [-0.3, -0.25) is 4.79 Å². The number of anilines is 2. The third kappa shape index (κ3) is 4.35. The van der Waals surface area contributed by atoms with Gasteiger partial charge in [-0.05, 0) is 50.8 Å². The first-order valence-electron chi connectivity index (χ1n) is 9.03. The van der Waals surface area contributed by atoms with E-state index in [1.165, 1.54) is 19.3 Å². The van der Waals surface area contributed by atoms with Crippen LogP contribution in [0, 0.1) is 20.8 Å². The van der Waals surface area contributed by atoms with Crippen LogP contribution in [0.25, 0.3) is 0 Å². The van der Waals surface area contributed by atoms with E-state index in [9.17, 15) is 4.79 Å². The van der Waals surface area contributed by atoms with Crippen LogP contribution in [0.2, 0.25) is 0 Å². The number of carbonyl (C=O) groups excluding carboxylic acids is 1. The van der Waals surface area contributed by atoms with E-state index in [2.05, 4.69) is 20.6 Å². The van der Waals surface area contributed by atoms with Crippen molar-refractivity contribution in [1.82, 2.24) is 9.97 Å². The van der Waals surface area contributed by atoms with Crippen molar-refractivity contribution in [3.05, 3.63) is 46.8 Å². The predicted octanol–water partition coefficient (Wildman–Crippen LogP) is 4.40. The Hall–Kier alpha value is -2.43. The molecule has 0 saturated heterocycles. The largest absolute Gasteiger partial charge is 0.351 e. The number of nitrogens with zero attached hydrogens (tertiary/aromatic N) is 2. The Bertz CT molecular complexity index is 746. The van der Waals surface area contributed by atoms with E-state index < -0.39 is 0 Å². The normalized spacial score (nSPS) is 15.0. The Labute approximate surface area is 149 Å². The zero-order valence-electron chi connectivity index (χ0n) is 15.2. The SMILES string of the molecule is Cc1cc(C(=O)Nc2c(C)cccc2C)nc(NC2CCCCC2)n1. The van der Waals surface area contributed by atoms with Crippen molar-refractivity contribution in [3.63, 3.8) is 0 Å². The van der Waals surface area contributed by atoms with Gasteiger partial charge < -0.3 is 10.6 Å². The molecule has 0 unspecified atom stereocenters. The summed E-state index contributed by atoms with van der Waals surface area (Å²) in [5.41, 5.74) is 4.12. The molecule has 2 N–H and O–H groups in total. The summed E-state index contributed by atoms with van der Waals surface area (Å²) in [4.78, 5) is 21.6. The molecule has 132 valence electrons. The van der Waals surface area contributed by atoms with Gasteiger partial charge in [0.1, 0.15) is 5.69 Å². The molecule has 1 fully saturated rings. The highest BCUT2D eigenvalue weighted by molar-refractivity contribution is 6.03. The van der Waals surface area contributed by atoms with E-state index in [1.807, 2.05) is 39.0 Å². The van der Waals surface area contributed by atoms with Gasteiger partial charge in [0.15, 0.2) is 0 Å². The standard InChI is InChI=1S/C20H26N4O/c1-13-8-7-9-14(2)18(13)24-19(25)17-12-15(3)21-20(23-17)22-16-10-5-4-6-11-16/h7-9,12,16H,4-6,10-11H2,1-3H3,(H,24,25)(H,21,22,23). The molecule has 0 radical (unpaired) electrons. The van der Waals surface area contributed by atoms with Crippen LogP contribution in [-0.4, -0.2) is 21.9 Å². The summed E-state index contributed by atoms with van der Waals surface area (Å²) in [7, 11) is 0. The second-order valence-electron chi connectivity index (χ2n) is 6.92. The molecule has 1 saturated carbocycles. The van der Waals surface area contributed by atoms with Crippen molar-refractivity contribution >= 4 is 17.5 Å². The number of amides is 1. The Balaban J connectivity index is 1.78. The van der Waals surface area contributed by atoms with Crippen LogP contribution in [-0.2, 0) is 0 Å². The molecule has 5 heteroatoms. The Morgan fingerprint density at radius 2 is 1.72 bits per heavy atom. The summed E-state index contributed by atoms with van der Waals surface area (Å²) in [6, 6.07) is 8.11. The van der Waals surface area contributed by atoms with E-state index in [0.717, 1.165) is 35.3 Å². The molecule has 0 bridgehead atoms.